The molecule has 0 aliphatic heterocycles. The Bertz CT molecular complexity index is 720. The zero-order chi connectivity index (χ0) is 17.0. The van der Waals surface area contributed by atoms with Crippen molar-refractivity contribution in [1.29, 1.82) is 0 Å². The second kappa shape index (κ2) is 7.69. The summed E-state index contributed by atoms with van der Waals surface area (Å²) >= 11 is 1.31. The molecule has 0 aliphatic carbocycles. The van der Waals surface area contributed by atoms with Gasteiger partial charge in [-0.25, -0.2) is 0 Å². The Morgan fingerprint density at radius 1 is 1.00 bits per heavy atom. The molecule has 2 nitrogen and oxygen atoms in total. The van der Waals surface area contributed by atoms with Crippen molar-refractivity contribution in [3.63, 3.8) is 0 Å². The second-order valence-corrected chi connectivity index (χ2v) is 6.97. The molecule has 23 heavy (non-hydrogen) atoms. The maximum absolute atomic E-state index is 11.8. The van der Waals surface area contributed by atoms with Crippen molar-refractivity contribution >= 4 is 16.9 Å². The minimum Gasteiger partial charge on any atom is -0.489 e. The highest BCUT2D eigenvalue weighted by atomic mass is 32.2. The van der Waals surface area contributed by atoms with Gasteiger partial charge in [0.2, 0.25) is 0 Å². The average molecular weight is 328 g/mol. The Labute approximate surface area is 143 Å². The molecule has 0 aromatic heterocycles. The first-order valence-electron chi connectivity index (χ1n) is 7.92. The van der Waals surface area contributed by atoms with Crippen molar-refractivity contribution < 1.29 is 9.53 Å². The summed E-state index contributed by atoms with van der Waals surface area (Å²) in [5.74, 6) is 0.911. The molecule has 0 amide bonds. The Morgan fingerprint density at radius 2 is 1.70 bits per heavy atom. The van der Waals surface area contributed by atoms with Crippen LogP contribution >= 0.6 is 11.8 Å². The molecule has 2 rings (SSSR count). The zero-order valence-electron chi connectivity index (χ0n) is 14.5. The van der Waals surface area contributed by atoms with Gasteiger partial charge in [-0.1, -0.05) is 36.9 Å². The summed E-state index contributed by atoms with van der Waals surface area (Å²) in [4.78, 5) is 12.8. The van der Waals surface area contributed by atoms with Gasteiger partial charge in [-0.2, -0.15) is 0 Å². The largest absolute Gasteiger partial charge is 0.489 e. The predicted molar refractivity (Wildman–Crippen MR) is 97.3 cm³/mol. The normalized spacial score (nSPS) is 10.7. The standard InChI is InChI=1S/C20H24O2S/c1-6-20(21)23-19-9-7-8-13(2)17(19)12-22-18-11-15(4)14(3)10-16(18)5/h7-11H,6,12H2,1-5H3. The van der Waals surface area contributed by atoms with E-state index in [1.54, 1.807) is 0 Å². The van der Waals surface area contributed by atoms with Crippen LogP contribution < -0.4 is 4.74 Å². The van der Waals surface area contributed by atoms with Gasteiger partial charge in [0, 0.05) is 16.9 Å². The van der Waals surface area contributed by atoms with Crippen LogP contribution in [-0.4, -0.2) is 5.12 Å². The molecule has 122 valence electrons. The van der Waals surface area contributed by atoms with Crippen molar-refractivity contribution in [2.24, 2.45) is 0 Å². The number of benzene rings is 2. The van der Waals surface area contributed by atoms with Gasteiger partial charge < -0.3 is 4.74 Å². The van der Waals surface area contributed by atoms with Crippen LogP contribution in [0, 0.1) is 27.7 Å². The van der Waals surface area contributed by atoms with E-state index >= 15 is 0 Å². The fraction of sp³-hybridized carbons (Fsp3) is 0.350. The second-order valence-electron chi connectivity index (χ2n) is 5.87. The van der Waals surface area contributed by atoms with Gasteiger partial charge in [-0.3, -0.25) is 4.79 Å². The van der Waals surface area contributed by atoms with Crippen LogP contribution in [-0.2, 0) is 11.4 Å². The lowest BCUT2D eigenvalue weighted by Gasteiger charge is -2.15. The minimum absolute atomic E-state index is 0.180. The molecule has 0 N–H and O–H groups in total. The summed E-state index contributed by atoms with van der Waals surface area (Å²) in [6.45, 7) is 10.7. The van der Waals surface area contributed by atoms with E-state index < -0.39 is 0 Å². The molecule has 0 unspecified atom stereocenters. The van der Waals surface area contributed by atoms with Gasteiger partial charge in [-0.15, -0.1) is 0 Å². The third-order valence-corrected chi connectivity index (χ3v) is 5.16. The van der Waals surface area contributed by atoms with E-state index in [0.717, 1.165) is 27.3 Å². The Hall–Kier alpha value is -1.74. The van der Waals surface area contributed by atoms with Gasteiger partial charge in [0.1, 0.15) is 12.4 Å². The number of aryl methyl sites for hydroxylation is 4. The molecular formula is C20H24O2S. The molecule has 0 atom stereocenters. The number of thioether (sulfide) groups is 1. The van der Waals surface area contributed by atoms with Gasteiger partial charge in [0.25, 0.3) is 0 Å². The molecule has 0 saturated heterocycles. The van der Waals surface area contributed by atoms with E-state index in [1.807, 2.05) is 19.1 Å². The first-order valence-corrected chi connectivity index (χ1v) is 8.73. The molecule has 0 aliphatic rings. The number of ether oxygens (including phenoxy) is 1. The van der Waals surface area contributed by atoms with E-state index in [2.05, 4.69) is 45.9 Å². The molecule has 0 radical (unpaired) electrons. The Kier molecular flexibility index (Phi) is 5.89. The van der Waals surface area contributed by atoms with Crippen molar-refractivity contribution in [1.82, 2.24) is 0 Å². The lowest BCUT2D eigenvalue weighted by Crippen LogP contribution is -2.03. The lowest BCUT2D eigenvalue weighted by molar-refractivity contribution is -0.110. The number of rotatable bonds is 5. The summed E-state index contributed by atoms with van der Waals surface area (Å²) in [5, 5.41) is 0.180. The van der Waals surface area contributed by atoms with E-state index in [0.29, 0.717) is 13.0 Å². The summed E-state index contributed by atoms with van der Waals surface area (Å²) in [5.41, 5.74) is 5.89. The van der Waals surface area contributed by atoms with E-state index in [9.17, 15) is 4.79 Å². The minimum atomic E-state index is 0.180. The summed E-state index contributed by atoms with van der Waals surface area (Å²) in [7, 11) is 0. The van der Waals surface area contributed by atoms with Crippen molar-refractivity contribution in [3.8, 4) is 5.75 Å². The van der Waals surface area contributed by atoms with Crippen LogP contribution in [0.2, 0.25) is 0 Å². The van der Waals surface area contributed by atoms with Crippen LogP contribution in [0.15, 0.2) is 35.2 Å². The lowest BCUT2D eigenvalue weighted by atomic mass is 10.1. The third kappa shape index (κ3) is 4.38. The number of hydrogen-bond donors (Lipinski definition) is 0. The fourth-order valence-electron chi connectivity index (χ4n) is 2.39. The molecule has 0 spiro atoms. The first-order chi connectivity index (χ1) is 10.9. The van der Waals surface area contributed by atoms with Crippen LogP contribution in [0.5, 0.6) is 5.75 Å². The topological polar surface area (TPSA) is 26.3 Å². The number of carbonyl (C=O) groups is 1. The molecule has 2 aromatic carbocycles. The number of hydrogen-bond acceptors (Lipinski definition) is 3. The highest BCUT2D eigenvalue weighted by molar-refractivity contribution is 8.13. The molecule has 0 fully saturated rings. The number of carbonyl (C=O) groups excluding carboxylic acids is 1. The predicted octanol–water partition coefficient (Wildman–Crippen LogP) is 5.53. The molecular weight excluding hydrogens is 304 g/mol. The van der Waals surface area contributed by atoms with Gasteiger partial charge in [0.05, 0.1) is 0 Å². The molecule has 0 bridgehead atoms. The Morgan fingerprint density at radius 3 is 2.39 bits per heavy atom. The quantitative estimate of drug-likeness (QED) is 0.675. The summed E-state index contributed by atoms with van der Waals surface area (Å²) in [6, 6.07) is 10.3. The van der Waals surface area contributed by atoms with Crippen LogP contribution in [0.1, 0.15) is 41.2 Å². The monoisotopic (exact) mass is 328 g/mol. The maximum Gasteiger partial charge on any atom is 0.193 e. The van der Waals surface area contributed by atoms with Crippen LogP contribution in [0.25, 0.3) is 0 Å². The van der Waals surface area contributed by atoms with Crippen LogP contribution in [0.3, 0.4) is 0 Å². The highest BCUT2D eigenvalue weighted by Crippen LogP contribution is 2.29. The van der Waals surface area contributed by atoms with Gasteiger partial charge in [-0.05, 0) is 62.1 Å². The SMILES string of the molecule is CCC(=O)Sc1cccc(C)c1COc1cc(C)c(C)cc1C. The van der Waals surface area contributed by atoms with Gasteiger partial charge in [0.15, 0.2) is 5.12 Å². The highest BCUT2D eigenvalue weighted by Gasteiger charge is 2.11. The molecule has 3 heteroatoms. The van der Waals surface area contributed by atoms with E-state index in [4.69, 9.17) is 4.74 Å². The average Bonchev–Trinajstić information content (AvgIpc) is 2.51. The van der Waals surface area contributed by atoms with Crippen molar-refractivity contribution in [3.05, 3.63) is 58.1 Å². The fourth-order valence-corrected chi connectivity index (χ4v) is 3.27. The van der Waals surface area contributed by atoms with E-state index in [1.165, 1.54) is 22.9 Å². The van der Waals surface area contributed by atoms with E-state index in [-0.39, 0.29) is 5.12 Å². The summed E-state index contributed by atoms with van der Waals surface area (Å²) in [6.07, 6.45) is 0.537. The molecule has 0 saturated carbocycles. The maximum atomic E-state index is 11.8. The zero-order valence-corrected chi connectivity index (χ0v) is 15.3. The van der Waals surface area contributed by atoms with Crippen LogP contribution in [0.4, 0.5) is 0 Å². The smallest absolute Gasteiger partial charge is 0.193 e. The van der Waals surface area contributed by atoms with Crippen molar-refractivity contribution in [2.45, 2.75) is 52.5 Å². The first kappa shape index (κ1) is 17.6. The summed E-state index contributed by atoms with van der Waals surface area (Å²) < 4.78 is 6.07. The third-order valence-electron chi connectivity index (χ3n) is 4.04. The molecule has 2 aromatic rings. The molecule has 0 heterocycles. The van der Waals surface area contributed by atoms with Gasteiger partial charge >= 0.3 is 0 Å². The Balaban J connectivity index is 2.23. The van der Waals surface area contributed by atoms with Crippen molar-refractivity contribution in [2.75, 3.05) is 0 Å².